The number of fused-ring (bicyclic) bond motifs is 1. The minimum absolute atomic E-state index is 0.0420. The van der Waals surface area contributed by atoms with Gasteiger partial charge in [0, 0.05) is 19.1 Å². The van der Waals surface area contributed by atoms with E-state index in [1.807, 2.05) is 24.3 Å². The van der Waals surface area contributed by atoms with Gasteiger partial charge in [-0.3, -0.25) is 4.79 Å². The van der Waals surface area contributed by atoms with E-state index in [4.69, 9.17) is 0 Å². The van der Waals surface area contributed by atoms with Crippen molar-refractivity contribution in [3.05, 3.63) is 40.8 Å². The number of aromatic nitrogens is 2. The van der Waals surface area contributed by atoms with E-state index < -0.39 is 0 Å². The lowest BCUT2D eigenvalue weighted by molar-refractivity contribution is 0.504. The lowest BCUT2D eigenvalue weighted by Gasteiger charge is -2.13. The topological polar surface area (TPSA) is 46.9 Å². The van der Waals surface area contributed by atoms with E-state index in [9.17, 15) is 4.79 Å². The van der Waals surface area contributed by atoms with Gasteiger partial charge in [-0.05, 0) is 25.5 Å². The first-order valence-corrected chi connectivity index (χ1v) is 6.40. The summed E-state index contributed by atoms with van der Waals surface area (Å²) in [6.45, 7) is 5.76. The van der Waals surface area contributed by atoms with Crippen LogP contribution in [0.3, 0.4) is 0 Å². The zero-order chi connectivity index (χ0) is 13.0. The maximum Gasteiger partial charge on any atom is 0.269 e. The van der Waals surface area contributed by atoms with Crippen molar-refractivity contribution in [2.75, 3.05) is 6.54 Å². The Morgan fingerprint density at radius 1 is 1.39 bits per heavy atom. The maximum absolute atomic E-state index is 11.9. The van der Waals surface area contributed by atoms with Crippen LogP contribution in [-0.2, 0) is 6.54 Å². The van der Waals surface area contributed by atoms with Gasteiger partial charge in [-0.15, -0.1) is 0 Å². The van der Waals surface area contributed by atoms with Crippen LogP contribution < -0.4 is 10.9 Å². The molecule has 4 nitrogen and oxygen atoms in total. The molecule has 0 spiro atoms. The molecule has 0 amide bonds. The van der Waals surface area contributed by atoms with Crippen LogP contribution >= 0.6 is 0 Å². The van der Waals surface area contributed by atoms with Crippen molar-refractivity contribution in [2.24, 2.45) is 0 Å². The molecule has 0 radical (unpaired) electrons. The van der Waals surface area contributed by atoms with Crippen molar-refractivity contribution in [3.8, 4) is 0 Å². The van der Waals surface area contributed by atoms with Crippen LogP contribution in [0.15, 0.2) is 35.3 Å². The van der Waals surface area contributed by atoms with E-state index in [0.29, 0.717) is 12.6 Å². The Kier molecular flexibility index (Phi) is 4.10. The van der Waals surface area contributed by atoms with Gasteiger partial charge in [0.1, 0.15) is 0 Å². The SMILES string of the molecule is CCC(C)NCCn1c(=O)cnc2ccccc21. The van der Waals surface area contributed by atoms with Crippen LogP contribution in [0.5, 0.6) is 0 Å². The molecule has 1 aromatic carbocycles. The summed E-state index contributed by atoms with van der Waals surface area (Å²) in [4.78, 5) is 16.0. The van der Waals surface area contributed by atoms with Gasteiger partial charge in [-0.1, -0.05) is 19.1 Å². The third-order valence-corrected chi connectivity index (χ3v) is 3.19. The smallest absolute Gasteiger partial charge is 0.269 e. The molecular formula is C14H19N3O. The number of rotatable bonds is 5. The molecule has 0 aliphatic carbocycles. The second kappa shape index (κ2) is 5.78. The molecule has 1 aromatic heterocycles. The van der Waals surface area contributed by atoms with Gasteiger partial charge in [-0.25, -0.2) is 4.98 Å². The highest BCUT2D eigenvalue weighted by Crippen LogP contribution is 2.07. The fraction of sp³-hybridized carbons (Fsp3) is 0.429. The number of para-hydroxylation sites is 2. The van der Waals surface area contributed by atoms with E-state index >= 15 is 0 Å². The highest BCUT2D eigenvalue weighted by Gasteiger charge is 2.03. The van der Waals surface area contributed by atoms with Crippen molar-refractivity contribution in [1.29, 1.82) is 0 Å². The molecule has 0 bridgehead atoms. The van der Waals surface area contributed by atoms with Crippen LogP contribution in [0.25, 0.3) is 11.0 Å². The second-order valence-electron chi connectivity index (χ2n) is 4.50. The number of benzene rings is 1. The average molecular weight is 245 g/mol. The third kappa shape index (κ3) is 2.76. The van der Waals surface area contributed by atoms with Crippen molar-refractivity contribution >= 4 is 11.0 Å². The maximum atomic E-state index is 11.9. The third-order valence-electron chi connectivity index (χ3n) is 3.19. The standard InChI is InChI=1S/C14H19N3O/c1-3-11(2)15-8-9-17-13-7-5-4-6-12(13)16-10-14(17)18/h4-7,10-11,15H,3,8-9H2,1-2H3. The Labute approximate surface area is 107 Å². The summed E-state index contributed by atoms with van der Waals surface area (Å²) in [5, 5.41) is 3.39. The molecular weight excluding hydrogens is 226 g/mol. The van der Waals surface area contributed by atoms with Crippen LogP contribution in [0.4, 0.5) is 0 Å². The predicted octanol–water partition coefficient (Wildman–Crippen LogP) is 1.78. The predicted molar refractivity (Wildman–Crippen MR) is 73.8 cm³/mol. The molecule has 0 fully saturated rings. The molecule has 2 rings (SSSR count). The van der Waals surface area contributed by atoms with Crippen LogP contribution in [-0.4, -0.2) is 22.1 Å². The van der Waals surface area contributed by atoms with Crippen molar-refractivity contribution in [1.82, 2.24) is 14.9 Å². The van der Waals surface area contributed by atoms with Crippen molar-refractivity contribution in [3.63, 3.8) is 0 Å². The number of hydrogen-bond acceptors (Lipinski definition) is 3. The zero-order valence-electron chi connectivity index (χ0n) is 10.9. The van der Waals surface area contributed by atoms with Crippen molar-refractivity contribution < 1.29 is 0 Å². The molecule has 1 heterocycles. The largest absolute Gasteiger partial charge is 0.312 e. The first-order valence-electron chi connectivity index (χ1n) is 6.40. The normalized spacial score (nSPS) is 12.8. The molecule has 2 aromatic rings. The molecule has 0 saturated heterocycles. The minimum atomic E-state index is -0.0420. The molecule has 0 aliphatic heterocycles. The Morgan fingerprint density at radius 2 is 2.17 bits per heavy atom. The molecule has 18 heavy (non-hydrogen) atoms. The molecule has 1 unspecified atom stereocenters. The molecule has 96 valence electrons. The number of hydrogen-bond donors (Lipinski definition) is 1. The van der Waals surface area contributed by atoms with Gasteiger partial charge < -0.3 is 9.88 Å². The first kappa shape index (κ1) is 12.8. The molecule has 0 aliphatic rings. The molecule has 1 atom stereocenters. The van der Waals surface area contributed by atoms with Gasteiger partial charge in [0.25, 0.3) is 5.56 Å². The van der Waals surface area contributed by atoms with E-state index in [1.165, 1.54) is 6.20 Å². The van der Waals surface area contributed by atoms with Crippen molar-refractivity contribution in [2.45, 2.75) is 32.9 Å². The summed E-state index contributed by atoms with van der Waals surface area (Å²) in [5.74, 6) is 0. The fourth-order valence-corrected chi connectivity index (χ4v) is 1.91. The van der Waals surface area contributed by atoms with E-state index in [-0.39, 0.29) is 5.56 Å². The Morgan fingerprint density at radius 3 is 2.94 bits per heavy atom. The summed E-state index contributed by atoms with van der Waals surface area (Å²) < 4.78 is 1.78. The first-order chi connectivity index (χ1) is 8.72. The lowest BCUT2D eigenvalue weighted by atomic mass is 10.2. The zero-order valence-corrected chi connectivity index (χ0v) is 10.9. The van der Waals surface area contributed by atoms with Crippen LogP contribution in [0, 0.1) is 0 Å². The number of nitrogens with one attached hydrogen (secondary N) is 1. The lowest BCUT2D eigenvalue weighted by Crippen LogP contribution is -2.32. The van der Waals surface area contributed by atoms with Gasteiger partial charge in [0.05, 0.1) is 17.2 Å². The van der Waals surface area contributed by atoms with Gasteiger partial charge in [-0.2, -0.15) is 0 Å². The van der Waals surface area contributed by atoms with Gasteiger partial charge >= 0.3 is 0 Å². The minimum Gasteiger partial charge on any atom is -0.312 e. The highest BCUT2D eigenvalue weighted by atomic mass is 16.1. The Bertz CT molecular complexity index is 577. The fourth-order valence-electron chi connectivity index (χ4n) is 1.91. The summed E-state index contributed by atoms with van der Waals surface area (Å²) in [6, 6.07) is 8.21. The quantitative estimate of drug-likeness (QED) is 0.873. The summed E-state index contributed by atoms with van der Waals surface area (Å²) >= 11 is 0. The van der Waals surface area contributed by atoms with E-state index in [0.717, 1.165) is 24.0 Å². The number of nitrogens with zero attached hydrogens (tertiary/aromatic N) is 2. The van der Waals surface area contributed by atoms with E-state index in [2.05, 4.69) is 24.1 Å². The van der Waals surface area contributed by atoms with Gasteiger partial charge in [0.15, 0.2) is 0 Å². The highest BCUT2D eigenvalue weighted by molar-refractivity contribution is 5.74. The van der Waals surface area contributed by atoms with Crippen LogP contribution in [0.2, 0.25) is 0 Å². The summed E-state index contributed by atoms with van der Waals surface area (Å²) in [7, 11) is 0. The Hall–Kier alpha value is -1.68. The molecule has 1 N–H and O–H groups in total. The summed E-state index contributed by atoms with van der Waals surface area (Å²) in [6.07, 6.45) is 2.48. The van der Waals surface area contributed by atoms with Gasteiger partial charge in [0.2, 0.25) is 0 Å². The average Bonchev–Trinajstić information content (AvgIpc) is 2.41. The Balaban J connectivity index is 2.21. The van der Waals surface area contributed by atoms with E-state index in [1.54, 1.807) is 4.57 Å². The summed E-state index contributed by atoms with van der Waals surface area (Å²) in [5.41, 5.74) is 1.72. The molecule has 4 heteroatoms. The second-order valence-corrected chi connectivity index (χ2v) is 4.50. The van der Waals surface area contributed by atoms with Crippen LogP contribution in [0.1, 0.15) is 20.3 Å². The molecule has 0 saturated carbocycles. The monoisotopic (exact) mass is 245 g/mol.